The number of nitrogens with one attached hydrogen (secondary N) is 2. The van der Waals surface area contributed by atoms with Crippen LogP contribution in [0.3, 0.4) is 0 Å². The Morgan fingerprint density at radius 3 is 2.67 bits per heavy atom. The average Bonchev–Trinajstić information content (AvgIpc) is 2.48. The van der Waals surface area contributed by atoms with Gasteiger partial charge in [-0.05, 0) is 31.0 Å². The quantitative estimate of drug-likeness (QED) is 0.844. The largest absolute Gasteiger partial charge is 0.490 e. The van der Waals surface area contributed by atoms with Crippen LogP contribution in [-0.2, 0) is 0 Å². The van der Waals surface area contributed by atoms with Crippen molar-refractivity contribution in [1.29, 1.82) is 0 Å². The van der Waals surface area contributed by atoms with E-state index in [1.165, 1.54) is 6.33 Å². The molecule has 0 saturated carbocycles. The van der Waals surface area contributed by atoms with Crippen LogP contribution in [0.15, 0.2) is 24.5 Å². The van der Waals surface area contributed by atoms with Crippen LogP contribution in [0.5, 0.6) is 5.75 Å². The van der Waals surface area contributed by atoms with Crippen LogP contribution in [0, 0.1) is 6.92 Å². The number of hydrogen-bond acceptors (Lipinski definition) is 5. The molecule has 0 aliphatic heterocycles. The Hall–Kier alpha value is -2.01. The SMILES string of the molecule is CCCNc1ncnc(Nc2ccc(C)cc2Cl)c1OC. The molecule has 0 bridgehead atoms. The lowest BCUT2D eigenvalue weighted by Crippen LogP contribution is -2.07. The number of nitrogens with zero attached hydrogens (tertiary/aromatic N) is 2. The van der Waals surface area contributed by atoms with Gasteiger partial charge in [0, 0.05) is 6.54 Å². The van der Waals surface area contributed by atoms with Crippen LogP contribution in [0.2, 0.25) is 5.02 Å². The molecule has 0 fully saturated rings. The third-order valence-corrected chi connectivity index (χ3v) is 3.24. The summed E-state index contributed by atoms with van der Waals surface area (Å²) in [6.07, 6.45) is 2.49. The van der Waals surface area contributed by atoms with Gasteiger partial charge in [-0.1, -0.05) is 24.6 Å². The molecular formula is C15H19ClN4O. The van der Waals surface area contributed by atoms with E-state index in [-0.39, 0.29) is 0 Å². The molecule has 1 heterocycles. The van der Waals surface area contributed by atoms with Crippen LogP contribution in [0.25, 0.3) is 0 Å². The molecule has 0 saturated heterocycles. The highest BCUT2D eigenvalue weighted by Crippen LogP contribution is 2.33. The minimum Gasteiger partial charge on any atom is -0.490 e. The fourth-order valence-corrected chi connectivity index (χ4v) is 2.16. The van der Waals surface area contributed by atoms with E-state index in [0.29, 0.717) is 22.4 Å². The van der Waals surface area contributed by atoms with Crippen molar-refractivity contribution >= 4 is 28.9 Å². The Balaban J connectivity index is 2.30. The first kappa shape index (κ1) is 15.4. The Labute approximate surface area is 129 Å². The summed E-state index contributed by atoms with van der Waals surface area (Å²) in [5.41, 5.74) is 1.88. The van der Waals surface area contributed by atoms with Gasteiger partial charge in [-0.25, -0.2) is 9.97 Å². The van der Waals surface area contributed by atoms with Crippen molar-refractivity contribution in [3.8, 4) is 5.75 Å². The highest BCUT2D eigenvalue weighted by atomic mass is 35.5. The molecule has 2 rings (SSSR count). The Bertz CT molecular complexity index is 619. The standard InChI is InChI=1S/C15H19ClN4O/c1-4-7-17-14-13(21-3)15(19-9-18-14)20-12-6-5-10(2)8-11(12)16/h5-6,8-9H,4,7H2,1-3H3,(H2,17,18,19,20). The summed E-state index contributed by atoms with van der Waals surface area (Å²) < 4.78 is 5.42. The number of halogens is 1. The van der Waals surface area contributed by atoms with Crippen LogP contribution in [-0.4, -0.2) is 23.6 Å². The summed E-state index contributed by atoms with van der Waals surface area (Å²) >= 11 is 6.24. The van der Waals surface area contributed by atoms with E-state index in [2.05, 4.69) is 27.5 Å². The zero-order valence-electron chi connectivity index (χ0n) is 12.4. The number of ether oxygens (including phenoxy) is 1. The molecule has 0 unspecified atom stereocenters. The minimum absolute atomic E-state index is 0.572. The van der Waals surface area contributed by atoms with E-state index in [0.717, 1.165) is 24.2 Å². The second-order valence-corrected chi connectivity index (χ2v) is 5.05. The first-order chi connectivity index (χ1) is 10.2. The molecule has 6 heteroatoms. The van der Waals surface area contributed by atoms with Crippen molar-refractivity contribution in [2.24, 2.45) is 0 Å². The molecule has 1 aromatic carbocycles. The van der Waals surface area contributed by atoms with E-state index in [9.17, 15) is 0 Å². The molecule has 0 atom stereocenters. The third kappa shape index (κ3) is 3.76. The summed E-state index contributed by atoms with van der Waals surface area (Å²) in [4.78, 5) is 8.44. The Morgan fingerprint density at radius 2 is 2.00 bits per heavy atom. The average molecular weight is 307 g/mol. The number of anilines is 3. The molecule has 1 aromatic heterocycles. The van der Waals surface area contributed by atoms with Gasteiger partial charge in [0.2, 0.25) is 5.75 Å². The molecule has 5 nitrogen and oxygen atoms in total. The van der Waals surface area contributed by atoms with E-state index >= 15 is 0 Å². The lowest BCUT2D eigenvalue weighted by molar-refractivity contribution is 0.415. The van der Waals surface area contributed by atoms with Gasteiger partial charge >= 0.3 is 0 Å². The number of aromatic nitrogens is 2. The lowest BCUT2D eigenvalue weighted by Gasteiger charge is -2.14. The fourth-order valence-electron chi connectivity index (χ4n) is 1.87. The maximum Gasteiger partial charge on any atom is 0.204 e. The van der Waals surface area contributed by atoms with Gasteiger partial charge in [0.25, 0.3) is 0 Å². The van der Waals surface area contributed by atoms with E-state index in [4.69, 9.17) is 16.3 Å². The van der Waals surface area contributed by atoms with Crippen molar-refractivity contribution in [2.45, 2.75) is 20.3 Å². The van der Waals surface area contributed by atoms with Gasteiger partial charge in [-0.2, -0.15) is 0 Å². The summed E-state index contributed by atoms with van der Waals surface area (Å²) in [7, 11) is 1.59. The second-order valence-electron chi connectivity index (χ2n) is 4.64. The Kier molecular flexibility index (Phi) is 5.22. The molecule has 21 heavy (non-hydrogen) atoms. The number of hydrogen-bond donors (Lipinski definition) is 2. The lowest BCUT2D eigenvalue weighted by atomic mass is 10.2. The first-order valence-electron chi connectivity index (χ1n) is 6.81. The third-order valence-electron chi connectivity index (χ3n) is 2.93. The summed E-state index contributed by atoms with van der Waals surface area (Å²) in [5, 5.41) is 7.04. The topological polar surface area (TPSA) is 59.1 Å². The van der Waals surface area contributed by atoms with Crippen LogP contribution >= 0.6 is 11.6 Å². The zero-order valence-corrected chi connectivity index (χ0v) is 13.2. The molecule has 0 aliphatic rings. The second kappa shape index (κ2) is 7.13. The molecule has 0 aliphatic carbocycles. The van der Waals surface area contributed by atoms with Crippen molar-refractivity contribution in [3.63, 3.8) is 0 Å². The van der Waals surface area contributed by atoms with E-state index in [1.807, 2.05) is 25.1 Å². The Morgan fingerprint density at radius 1 is 1.24 bits per heavy atom. The summed E-state index contributed by atoms with van der Waals surface area (Å²) in [6.45, 7) is 4.90. The smallest absolute Gasteiger partial charge is 0.204 e. The number of aryl methyl sites for hydroxylation is 1. The van der Waals surface area contributed by atoms with Crippen LogP contribution in [0.1, 0.15) is 18.9 Å². The van der Waals surface area contributed by atoms with Crippen molar-refractivity contribution in [2.75, 3.05) is 24.3 Å². The monoisotopic (exact) mass is 306 g/mol. The molecule has 2 aromatic rings. The van der Waals surface area contributed by atoms with Gasteiger partial charge in [0.15, 0.2) is 11.6 Å². The maximum atomic E-state index is 6.24. The van der Waals surface area contributed by atoms with Crippen LogP contribution in [0.4, 0.5) is 17.3 Å². The molecule has 0 radical (unpaired) electrons. The fraction of sp³-hybridized carbons (Fsp3) is 0.333. The highest BCUT2D eigenvalue weighted by molar-refractivity contribution is 6.33. The number of rotatable bonds is 6. The summed E-state index contributed by atoms with van der Waals surface area (Å²) in [6, 6.07) is 5.80. The van der Waals surface area contributed by atoms with Gasteiger partial charge in [-0.15, -0.1) is 0 Å². The summed E-state index contributed by atoms with van der Waals surface area (Å²) in [5.74, 6) is 1.82. The first-order valence-corrected chi connectivity index (χ1v) is 7.19. The molecular weight excluding hydrogens is 288 g/mol. The zero-order chi connectivity index (χ0) is 15.2. The predicted octanol–water partition coefficient (Wildman–Crippen LogP) is 4.01. The molecule has 0 spiro atoms. The van der Waals surface area contributed by atoms with E-state index in [1.54, 1.807) is 7.11 Å². The van der Waals surface area contributed by atoms with Gasteiger partial charge in [0.05, 0.1) is 17.8 Å². The van der Waals surface area contributed by atoms with E-state index < -0.39 is 0 Å². The molecule has 2 N–H and O–H groups in total. The van der Waals surface area contributed by atoms with Crippen molar-refractivity contribution in [3.05, 3.63) is 35.1 Å². The van der Waals surface area contributed by atoms with Crippen molar-refractivity contribution in [1.82, 2.24) is 9.97 Å². The predicted molar refractivity (Wildman–Crippen MR) is 86.8 cm³/mol. The maximum absolute atomic E-state index is 6.24. The molecule has 0 amide bonds. The van der Waals surface area contributed by atoms with Gasteiger partial charge < -0.3 is 15.4 Å². The molecule has 112 valence electrons. The van der Waals surface area contributed by atoms with Gasteiger partial charge in [-0.3, -0.25) is 0 Å². The van der Waals surface area contributed by atoms with Crippen molar-refractivity contribution < 1.29 is 4.74 Å². The normalized spacial score (nSPS) is 10.3. The number of benzene rings is 1. The number of methoxy groups -OCH3 is 1. The van der Waals surface area contributed by atoms with Gasteiger partial charge in [0.1, 0.15) is 6.33 Å². The highest BCUT2D eigenvalue weighted by Gasteiger charge is 2.13. The minimum atomic E-state index is 0.572. The van der Waals surface area contributed by atoms with Crippen LogP contribution < -0.4 is 15.4 Å².